The van der Waals surface area contributed by atoms with Gasteiger partial charge in [-0.25, -0.2) is 4.39 Å². The van der Waals surface area contributed by atoms with Crippen molar-refractivity contribution in [2.75, 3.05) is 11.5 Å². The highest BCUT2D eigenvalue weighted by Gasteiger charge is 2.30. The molecule has 0 bridgehead atoms. The Balaban J connectivity index is 2.12. The van der Waals surface area contributed by atoms with Crippen LogP contribution in [-0.2, 0) is 6.42 Å². The lowest BCUT2D eigenvalue weighted by Gasteiger charge is -2.34. The van der Waals surface area contributed by atoms with Crippen LogP contribution in [0.5, 0.6) is 0 Å². The first-order valence-electron chi connectivity index (χ1n) is 6.25. The van der Waals surface area contributed by atoms with E-state index in [1.54, 1.807) is 6.07 Å². The van der Waals surface area contributed by atoms with Crippen LogP contribution in [0.1, 0.15) is 12.5 Å². The van der Waals surface area contributed by atoms with E-state index in [4.69, 9.17) is 5.84 Å². The summed E-state index contributed by atoms with van der Waals surface area (Å²) in [7, 11) is 0. The minimum absolute atomic E-state index is 0.158. The molecule has 2 rings (SSSR count). The Bertz CT molecular complexity index is 433. The zero-order valence-electron chi connectivity index (χ0n) is 10.7. The summed E-state index contributed by atoms with van der Waals surface area (Å²) >= 11 is 7.27. The predicted octanol–water partition coefficient (Wildman–Crippen LogP) is 3.20. The first-order valence-corrected chi connectivity index (χ1v) is 9.14. The molecule has 106 valence electrons. The fraction of sp³-hybridized carbons (Fsp3) is 0.538. The highest BCUT2D eigenvalue weighted by molar-refractivity contribution is 9.10. The molecule has 0 spiro atoms. The Morgan fingerprint density at radius 1 is 1.47 bits per heavy atom. The molecular formula is C13H18BrFN2S2. The monoisotopic (exact) mass is 364 g/mol. The Morgan fingerprint density at radius 2 is 2.21 bits per heavy atom. The van der Waals surface area contributed by atoms with Crippen LogP contribution in [0.4, 0.5) is 4.39 Å². The number of halogens is 2. The standard InChI is InChI=1S/C13H18BrFN2S2/c1-8-13(19-6-5-18-8)11(17-16)7-9-3-2-4-10(15)12(9)14/h2-4,8,11,13,17H,5-7,16H2,1H3. The highest BCUT2D eigenvalue weighted by atomic mass is 79.9. The third-order valence-electron chi connectivity index (χ3n) is 3.32. The summed E-state index contributed by atoms with van der Waals surface area (Å²) in [6, 6.07) is 5.32. The fourth-order valence-corrected chi connectivity index (χ4v) is 5.67. The SMILES string of the molecule is CC1SCCSC1C(Cc1cccc(F)c1Br)NN. The zero-order chi connectivity index (χ0) is 13.8. The lowest BCUT2D eigenvalue weighted by Crippen LogP contribution is -2.48. The van der Waals surface area contributed by atoms with Gasteiger partial charge in [-0.15, -0.1) is 0 Å². The van der Waals surface area contributed by atoms with Crippen LogP contribution in [0.3, 0.4) is 0 Å². The molecule has 6 heteroatoms. The number of hydrogen-bond acceptors (Lipinski definition) is 4. The summed E-state index contributed by atoms with van der Waals surface area (Å²) in [5.74, 6) is 7.86. The van der Waals surface area contributed by atoms with Crippen LogP contribution >= 0.6 is 39.5 Å². The van der Waals surface area contributed by atoms with E-state index in [1.807, 2.05) is 29.6 Å². The van der Waals surface area contributed by atoms with Gasteiger partial charge in [-0.05, 0) is 34.0 Å². The molecular weight excluding hydrogens is 347 g/mol. The number of benzene rings is 1. The van der Waals surface area contributed by atoms with Crippen molar-refractivity contribution in [3.8, 4) is 0 Å². The molecule has 1 aliphatic heterocycles. The van der Waals surface area contributed by atoms with Gasteiger partial charge in [-0.2, -0.15) is 23.5 Å². The van der Waals surface area contributed by atoms with Crippen molar-refractivity contribution >= 4 is 39.5 Å². The molecule has 1 fully saturated rings. The van der Waals surface area contributed by atoms with Gasteiger partial charge in [0.05, 0.1) is 4.47 Å². The van der Waals surface area contributed by atoms with Crippen LogP contribution in [0, 0.1) is 5.82 Å². The first kappa shape index (κ1) is 15.6. The maximum atomic E-state index is 13.5. The normalized spacial score (nSPS) is 25.3. The molecule has 3 unspecified atom stereocenters. The minimum Gasteiger partial charge on any atom is -0.271 e. The number of nitrogens with two attached hydrogens (primary N) is 1. The van der Waals surface area contributed by atoms with Crippen LogP contribution in [0.15, 0.2) is 22.7 Å². The largest absolute Gasteiger partial charge is 0.271 e. The van der Waals surface area contributed by atoms with E-state index < -0.39 is 0 Å². The van der Waals surface area contributed by atoms with Crippen molar-refractivity contribution in [1.29, 1.82) is 0 Å². The Morgan fingerprint density at radius 3 is 2.89 bits per heavy atom. The quantitative estimate of drug-likeness (QED) is 0.635. The molecule has 3 atom stereocenters. The van der Waals surface area contributed by atoms with E-state index >= 15 is 0 Å². The van der Waals surface area contributed by atoms with E-state index in [9.17, 15) is 4.39 Å². The van der Waals surface area contributed by atoms with Crippen LogP contribution in [0.25, 0.3) is 0 Å². The average Bonchev–Trinajstić information content (AvgIpc) is 2.41. The molecule has 1 saturated heterocycles. The molecule has 0 aromatic heterocycles. The van der Waals surface area contributed by atoms with Crippen molar-refractivity contribution < 1.29 is 4.39 Å². The number of nitrogens with one attached hydrogen (secondary N) is 1. The lowest BCUT2D eigenvalue weighted by molar-refractivity contribution is 0.499. The second-order valence-corrected chi connectivity index (χ2v) is 8.17. The second kappa shape index (κ2) is 7.31. The van der Waals surface area contributed by atoms with Gasteiger partial charge in [0.2, 0.25) is 0 Å². The fourth-order valence-electron chi connectivity index (χ4n) is 2.30. The van der Waals surface area contributed by atoms with Crippen molar-refractivity contribution in [3.05, 3.63) is 34.1 Å². The molecule has 19 heavy (non-hydrogen) atoms. The molecule has 3 N–H and O–H groups in total. The van der Waals surface area contributed by atoms with E-state index in [-0.39, 0.29) is 11.9 Å². The van der Waals surface area contributed by atoms with E-state index in [2.05, 4.69) is 28.3 Å². The maximum Gasteiger partial charge on any atom is 0.137 e. The van der Waals surface area contributed by atoms with Crippen molar-refractivity contribution in [2.24, 2.45) is 5.84 Å². The molecule has 1 heterocycles. The van der Waals surface area contributed by atoms with Crippen LogP contribution in [-0.4, -0.2) is 28.0 Å². The van der Waals surface area contributed by atoms with E-state index in [0.29, 0.717) is 15.0 Å². The Kier molecular flexibility index (Phi) is 6.02. The summed E-state index contributed by atoms with van der Waals surface area (Å²) in [5, 5.41) is 1.02. The van der Waals surface area contributed by atoms with Gasteiger partial charge in [0.1, 0.15) is 5.82 Å². The summed E-state index contributed by atoms with van der Waals surface area (Å²) in [6.45, 7) is 2.24. The van der Waals surface area contributed by atoms with Crippen LogP contribution in [0.2, 0.25) is 0 Å². The molecule has 0 saturated carbocycles. The summed E-state index contributed by atoms with van der Waals surface area (Å²) in [4.78, 5) is 0. The molecule has 1 aromatic carbocycles. The molecule has 2 nitrogen and oxygen atoms in total. The zero-order valence-corrected chi connectivity index (χ0v) is 14.0. The molecule has 1 aliphatic rings. The van der Waals surface area contributed by atoms with Crippen molar-refractivity contribution in [3.63, 3.8) is 0 Å². The second-order valence-electron chi connectivity index (χ2n) is 4.60. The highest BCUT2D eigenvalue weighted by Crippen LogP contribution is 2.34. The smallest absolute Gasteiger partial charge is 0.137 e. The van der Waals surface area contributed by atoms with Crippen LogP contribution < -0.4 is 11.3 Å². The van der Waals surface area contributed by atoms with Gasteiger partial charge >= 0.3 is 0 Å². The van der Waals surface area contributed by atoms with Crippen molar-refractivity contribution in [1.82, 2.24) is 5.43 Å². The summed E-state index contributed by atoms with van der Waals surface area (Å²) in [6.07, 6.45) is 0.734. The molecule has 0 aliphatic carbocycles. The topological polar surface area (TPSA) is 38.0 Å². The third kappa shape index (κ3) is 3.88. The first-order chi connectivity index (χ1) is 9.13. The number of thioether (sulfide) groups is 2. The van der Waals surface area contributed by atoms with E-state index in [1.165, 1.54) is 11.8 Å². The molecule has 0 amide bonds. The third-order valence-corrected chi connectivity index (χ3v) is 7.46. The van der Waals surface area contributed by atoms with Gasteiger partial charge in [0.15, 0.2) is 0 Å². The maximum absolute atomic E-state index is 13.5. The summed E-state index contributed by atoms with van der Waals surface area (Å²) < 4.78 is 14.1. The molecule has 0 radical (unpaired) electrons. The van der Waals surface area contributed by atoms with Gasteiger partial charge < -0.3 is 0 Å². The Hall–Kier alpha value is 0.250. The summed E-state index contributed by atoms with van der Waals surface area (Å²) in [5.41, 5.74) is 3.88. The number of hydrogen-bond donors (Lipinski definition) is 2. The van der Waals surface area contributed by atoms with Gasteiger partial charge in [0.25, 0.3) is 0 Å². The lowest BCUT2D eigenvalue weighted by atomic mass is 10.0. The minimum atomic E-state index is -0.216. The van der Waals surface area contributed by atoms with Gasteiger partial charge in [-0.3, -0.25) is 11.3 Å². The Labute approximate surface area is 130 Å². The van der Waals surface area contributed by atoms with Gasteiger partial charge in [0, 0.05) is 28.0 Å². The predicted molar refractivity (Wildman–Crippen MR) is 87.1 cm³/mol. The molecule has 1 aromatic rings. The van der Waals surface area contributed by atoms with Crippen molar-refractivity contribution in [2.45, 2.75) is 29.9 Å². The average molecular weight is 365 g/mol. The number of hydrazine groups is 1. The van der Waals surface area contributed by atoms with Gasteiger partial charge in [-0.1, -0.05) is 19.1 Å². The number of rotatable bonds is 4. The van der Waals surface area contributed by atoms with E-state index in [0.717, 1.165) is 17.7 Å².